The molecule has 1 aromatic heterocycles. The number of aromatic nitrogens is 1. The highest BCUT2D eigenvalue weighted by Gasteiger charge is 2.19. The van der Waals surface area contributed by atoms with Crippen molar-refractivity contribution in [2.75, 3.05) is 0 Å². The Kier molecular flexibility index (Phi) is 3.82. The Morgan fingerprint density at radius 2 is 1.73 bits per heavy atom. The van der Waals surface area contributed by atoms with Crippen LogP contribution >= 0.6 is 11.3 Å². The zero-order chi connectivity index (χ0) is 15.9. The fourth-order valence-electron chi connectivity index (χ4n) is 2.70. The molecule has 0 saturated carbocycles. The van der Waals surface area contributed by atoms with E-state index < -0.39 is 0 Å². The summed E-state index contributed by atoms with van der Waals surface area (Å²) in [6.07, 6.45) is 0. The first-order valence-corrected chi connectivity index (χ1v) is 8.68. The average Bonchev–Trinajstić information content (AvgIpc) is 2.89. The molecule has 0 radical (unpaired) electrons. The molecule has 0 aliphatic heterocycles. The number of hydrogen-bond donors (Lipinski definition) is 0. The highest BCUT2D eigenvalue weighted by atomic mass is 32.1. The molecule has 2 heteroatoms. The summed E-state index contributed by atoms with van der Waals surface area (Å²) in [6.45, 7) is 11.3. The Morgan fingerprint density at radius 1 is 1.00 bits per heavy atom. The molecule has 0 atom stereocenters. The summed E-state index contributed by atoms with van der Waals surface area (Å²) in [5.41, 5.74) is 5.29. The standard InChI is InChI=1S/C20H23NS/c1-13(2)15-11-10-14(20(3,4)5)12-16(15)19-21-17-8-6-7-9-18(17)22-19/h6-13H,1-5H3. The van der Waals surface area contributed by atoms with Crippen molar-refractivity contribution in [3.63, 3.8) is 0 Å². The molecule has 1 nitrogen and oxygen atoms in total. The molecule has 114 valence electrons. The second kappa shape index (κ2) is 5.51. The molecule has 0 aliphatic carbocycles. The molecular weight excluding hydrogens is 286 g/mol. The molecule has 0 fully saturated rings. The zero-order valence-electron chi connectivity index (χ0n) is 14.0. The van der Waals surface area contributed by atoms with Gasteiger partial charge in [0.15, 0.2) is 0 Å². The van der Waals surface area contributed by atoms with Gasteiger partial charge in [-0.15, -0.1) is 11.3 Å². The van der Waals surface area contributed by atoms with Gasteiger partial charge in [0, 0.05) is 5.56 Å². The van der Waals surface area contributed by atoms with Crippen LogP contribution in [0.4, 0.5) is 0 Å². The largest absolute Gasteiger partial charge is 0.236 e. The van der Waals surface area contributed by atoms with Gasteiger partial charge in [0.25, 0.3) is 0 Å². The van der Waals surface area contributed by atoms with Crippen molar-refractivity contribution in [3.05, 3.63) is 53.6 Å². The molecule has 1 heterocycles. The van der Waals surface area contributed by atoms with E-state index in [0.717, 1.165) is 10.5 Å². The fourth-order valence-corrected chi connectivity index (χ4v) is 3.70. The Morgan fingerprint density at radius 3 is 2.36 bits per heavy atom. The topological polar surface area (TPSA) is 12.9 Å². The quantitative estimate of drug-likeness (QED) is 0.535. The normalized spacial score (nSPS) is 12.3. The lowest BCUT2D eigenvalue weighted by Gasteiger charge is -2.22. The maximum absolute atomic E-state index is 4.87. The first-order chi connectivity index (χ1) is 10.4. The van der Waals surface area contributed by atoms with Crippen LogP contribution in [0.1, 0.15) is 51.7 Å². The van der Waals surface area contributed by atoms with E-state index in [1.165, 1.54) is 21.4 Å². The lowest BCUT2D eigenvalue weighted by Crippen LogP contribution is -2.11. The molecule has 0 aliphatic rings. The Labute approximate surface area is 137 Å². The Bertz CT molecular complexity index is 773. The first kappa shape index (κ1) is 15.2. The molecule has 0 bridgehead atoms. The maximum Gasteiger partial charge on any atom is 0.124 e. The molecule has 2 aromatic carbocycles. The van der Waals surface area contributed by atoms with Gasteiger partial charge in [-0.3, -0.25) is 0 Å². The van der Waals surface area contributed by atoms with Gasteiger partial charge in [-0.2, -0.15) is 0 Å². The molecule has 0 N–H and O–H groups in total. The fraction of sp³-hybridized carbons (Fsp3) is 0.350. The molecule has 0 saturated heterocycles. The lowest BCUT2D eigenvalue weighted by atomic mass is 9.84. The predicted octanol–water partition coefficient (Wildman–Crippen LogP) is 6.38. The van der Waals surface area contributed by atoms with Crippen LogP contribution in [0.15, 0.2) is 42.5 Å². The van der Waals surface area contributed by atoms with Crippen LogP contribution in [-0.4, -0.2) is 4.98 Å². The van der Waals surface area contributed by atoms with Crippen molar-refractivity contribution >= 4 is 21.6 Å². The van der Waals surface area contributed by atoms with Crippen molar-refractivity contribution < 1.29 is 0 Å². The minimum absolute atomic E-state index is 0.154. The van der Waals surface area contributed by atoms with Crippen molar-refractivity contribution in [2.24, 2.45) is 0 Å². The van der Waals surface area contributed by atoms with Gasteiger partial charge in [0.2, 0.25) is 0 Å². The summed E-state index contributed by atoms with van der Waals surface area (Å²) in [6, 6.07) is 15.3. The summed E-state index contributed by atoms with van der Waals surface area (Å²) >= 11 is 1.79. The van der Waals surface area contributed by atoms with Crippen molar-refractivity contribution in [3.8, 4) is 10.6 Å². The first-order valence-electron chi connectivity index (χ1n) is 7.86. The molecule has 0 spiro atoms. The van der Waals surface area contributed by atoms with Gasteiger partial charge in [0.1, 0.15) is 5.01 Å². The van der Waals surface area contributed by atoms with E-state index in [1.54, 1.807) is 11.3 Å². The minimum atomic E-state index is 0.154. The van der Waals surface area contributed by atoms with E-state index in [9.17, 15) is 0 Å². The number of rotatable bonds is 2. The number of hydrogen-bond acceptors (Lipinski definition) is 2. The highest BCUT2D eigenvalue weighted by Crippen LogP contribution is 2.37. The highest BCUT2D eigenvalue weighted by molar-refractivity contribution is 7.21. The maximum atomic E-state index is 4.87. The smallest absolute Gasteiger partial charge is 0.124 e. The van der Waals surface area contributed by atoms with E-state index in [2.05, 4.69) is 77.1 Å². The van der Waals surface area contributed by atoms with Crippen LogP contribution in [0.2, 0.25) is 0 Å². The third-order valence-electron chi connectivity index (χ3n) is 4.07. The number of benzene rings is 2. The van der Waals surface area contributed by atoms with Gasteiger partial charge in [0.05, 0.1) is 10.2 Å². The van der Waals surface area contributed by atoms with E-state index in [0.29, 0.717) is 5.92 Å². The molecule has 3 aromatic rings. The van der Waals surface area contributed by atoms with Crippen LogP contribution in [-0.2, 0) is 5.41 Å². The predicted molar refractivity (Wildman–Crippen MR) is 97.8 cm³/mol. The third-order valence-corrected chi connectivity index (χ3v) is 5.14. The van der Waals surface area contributed by atoms with Crippen molar-refractivity contribution in [1.29, 1.82) is 0 Å². The third kappa shape index (κ3) is 2.80. The van der Waals surface area contributed by atoms with E-state index >= 15 is 0 Å². The van der Waals surface area contributed by atoms with Gasteiger partial charge < -0.3 is 0 Å². The molecular formula is C20H23NS. The van der Waals surface area contributed by atoms with Crippen molar-refractivity contribution in [1.82, 2.24) is 4.98 Å². The molecule has 22 heavy (non-hydrogen) atoms. The minimum Gasteiger partial charge on any atom is -0.236 e. The molecule has 3 rings (SSSR count). The summed E-state index contributed by atoms with van der Waals surface area (Å²) in [5.74, 6) is 0.496. The number of para-hydroxylation sites is 1. The van der Waals surface area contributed by atoms with Gasteiger partial charge in [-0.1, -0.05) is 58.9 Å². The van der Waals surface area contributed by atoms with Crippen molar-refractivity contribution in [2.45, 2.75) is 46.0 Å². The number of nitrogens with zero attached hydrogens (tertiary/aromatic N) is 1. The summed E-state index contributed by atoms with van der Waals surface area (Å²) in [7, 11) is 0. The number of thiazole rings is 1. The molecule has 0 amide bonds. The second-order valence-electron chi connectivity index (χ2n) is 7.19. The van der Waals surface area contributed by atoms with Gasteiger partial charge in [-0.25, -0.2) is 4.98 Å². The summed E-state index contributed by atoms with van der Waals surface area (Å²) < 4.78 is 1.26. The summed E-state index contributed by atoms with van der Waals surface area (Å²) in [4.78, 5) is 4.87. The van der Waals surface area contributed by atoms with E-state index in [4.69, 9.17) is 4.98 Å². The Balaban J connectivity index is 2.22. The second-order valence-corrected chi connectivity index (χ2v) is 8.22. The van der Waals surface area contributed by atoms with Gasteiger partial charge >= 0.3 is 0 Å². The summed E-state index contributed by atoms with van der Waals surface area (Å²) in [5, 5.41) is 1.14. The van der Waals surface area contributed by atoms with Gasteiger partial charge in [-0.05, 0) is 40.7 Å². The van der Waals surface area contributed by atoms with E-state index in [-0.39, 0.29) is 5.41 Å². The Hall–Kier alpha value is -1.67. The van der Waals surface area contributed by atoms with Crippen LogP contribution in [0.3, 0.4) is 0 Å². The monoisotopic (exact) mass is 309 g/mol. The van der Waals surface area contributed by atoms with E-state index in [1.807, 2.05) is 0 Å². The van der Waals surface area contributed by atoms with Crippen LogP contribution in [0.5, 0.6) is 0 Å². The molecule has 0 unspecified atom stereocenters. The van der Waals surface area contributed by atoms with Crippen LogP contribution in [0.25, 0.3) is 20.8 Å². The number of fused-ring (bicyclic) bond motifs is 1. The SMILES string of the molecule is CC(C)c1ccc(C(C)(C)C)cc1-c1nc2ccccc2s1. The zero-order valence-corrected chi connectivity index (χ0v) is 14.8. The lowest BCUT2D eigenvalue weighted by molar-refractivity contribution is 0.590. The van der Waals surface area contributed by atoms with Crippen LogP contribution in [0, 0.1) is 0 Å². The van der Waals surface area contributed by atoms with Crippen LogP contribution < -0.4 is 0 Å². The average molecular weight is 309 g/mol.